The maximum absolute atomic E-state index is 12.1. The maximum Gasteiger partial charge on any atom is 0.248 e. The fourth-order valence-electron chi connectivity index (χ4n) is 2.23. The third-order valence-electron chi connectivity index (χ3n) is 3.45. The molecule has 0 fully saturated rings. The quantitative estimate of drug-likeness (QED) is 0.716. The van der Waals surface area contributed by atoms with Crippen LogP contribution < -0.4 is 11.1 Å². The van der Waals surface area contributed by atoms with Crippen LogP contribution >= 0.6 is 22.9 Å². The van der Waals surface area contributed by atoms with Crippen LogP contribution in [0, 0.1) is 0 Å². The number of nitrogens with two attached hydrogens (primary N) is 1. The average Bonchev–Trinajstić information content (AvgIpc) is 3.03. The molecule has 0 atom stereocenters. The third kappa shape index (κ3) is 4.23. The molecular formula is C18H14ClN3O2S. The van der Waals surface area contributed by atoms with E-state index in [0.717, 1.165) is 10.6 Å². The van der Waals surface area contributed by atoms with E-state index in [1.165, 1.54) is 11.3 Å². The zero-order chi connectivity index (χ0) is 17.8. The number of nitrogens with one attached hydrogen (secondary N) is 1. The van der Waals surface area contributed by atoms with Gasteiger partial charge < -0.3 is 11.1 Å². The van der Waals surface area contributed by atoms with Gasteiger partial charge in [0.25, 0.3) is 0 Å². The highest BCUT2D eigenvalue weighted by Crippen LogP contribution is 2.30. The number of hydrogen-bond acceptors (Lipinski definition) is 4. The lowest BCUT2D eigenvalue weighted by Crippen LogP contribution is -2.15. The summed E-state index contributed by atoms with van der Waals surface area (Å²) in [7, 11) is 0. The highest BCUT2D eigenvalue weighted by atomic mass is 35.5. The van der Waals surface area contributed by atoms with Gasteiger partial charge in [-0.05, 0) is 30.3 Å². The Labute approximate surface area is 153 Å². The topological polar surface area (TPSA) is 85.1 Å². The van der Waals surface area contributed by atoms with Crippen LogP contribution in [0.3, 0.4) is 0 Å². The molecule has 25 heavy (non-hydrogen) atoms. The predicted molar refractivity (Wildman–Crippen MR) is 99.9 cm³/mol. The molecule has 7 heteroatoms. The number of anilines is 1. The molecule has 0 saturated heterocycles. The third-order valence-corrected chi connectivity index (χ3v) is 4.70. The van der Waals surface area contributed by atoms with E-state index in [1.807, 2.05) is 23.6 Å². The van der Waals surface area contributed by atoms with Crippen LogP contribution in [0.15, 0.2) is 53.9 Å². The van der Waals surface area contributed by atoms with Crippen molar-refractivity contribution < 1.29 is 9.59 Å². The Balaban J connectivity index is 1.66. The van der Waals surface area contributed by atoms with Crippen molar-refractivity contribution in [2.45, 2.75) is 6.42 Å². The largest absolute Gasteiger partial charge is 0.366 e. The summed E-state index contributed by atoms with van der Waals surface area (Å²) in [5.41, 5.74) is 7.69. The van der Waals surface area contributed by atoms with Crippen molar-refractivity contribution in [1.29, 1.82) is 0 Å². The van der Waals surface area contributed by atoms with Crippen molar-refractivity contribution in [1.82, 2.24) is 4.98 Å². The normalized spacial score (nSPS) is 10.4. The van der Waals surface area contributed by atoms with Crippen LogP contribution in [-0.4, -0.2) is 16.8 Å². The van der Waals surface area contributed by atoms with Crippen molar-refractivity contribution in [2.24, 2.45) is 5.73 Å². The van der Waals surface area contributed by atoms with E-state index in [9.17, 15) is 9.59 Å². The molecule has 0 aliphatic carbocycles. The number of nitrogens with zero attached hydrogens (tertiary/aromatic N) is 1. The molecule has 1 aromatic heterocycles. The smallest absolute Gasteiger partial charge is 0.248 e. The first-order chi connectivity index (χ1) is 12.0. The highest BCUT2D eigenvalue weighted by molar-refractivity contribution is 7.13. The standard InChI is InChI=1S/C18H14ClN3O2S/c19-15-4-2-1-3-14(15)18-22-13(10-25-18)9-16(23)21-12-7-5-11(6-8-12)17(20)24/h1-8,10H,9H2,(H2,20,24)(H,21,23). The number of carbonyl (C=O) groups is 2. The van der Waals surface area contributed by atoms with Gasteiger partial charge in [-0.2, -0.15) is 0 Å². The predicted octanol–water partition coefficient (Wildman–Crippen LogP) is 3.74. The maximum atomic E-state index is 12.1. The number of thiazole rings is 1. The first-order valence-corrected chi connectivity index (χ1v) is 8.68. The molecule has 2 aromatic carbocycles. The van der Waals surface area contributed by atoms with E-state index in [0.29, 0.717) is 22.0 Å². The Morgan fingerprint density at radius 1 is 1.12 bits per heavy atom. The number of benzene rings is 2. The molecule has 0 unspecified atom stereocenters. The second-order valence-electron chi connectivity index (χ2n) is 5.29. The second kappa shape index (κ2) is 7.46. The molecule has 3 aromatic rings. The van der Waals surface area contributed by atoms with Crippen LogP contribution in [0.1, 0.15) is 16.1 Å². The number of primary amides is 1. The molecule has 5 nitrogen and oxygen atoms in total. The lowest BCUT2D eigenvalue weighted by atomic mass is 10.2. The summed E-state index contributed by atoms with van der Waals surface area (Å²) < 4.78 is 0. The summed E-state index contributed by atoms with van der Waals surface area (Å²) in [4.78, 5) is 27.7. The van der Waals surface area contributed by atoms with E-state index in [4.69, 9.17) is 17.3 Å². The Hall–Kier alpha value is -2.70. The fraction of sp³-hybridized carbons (Fsp3) is 0.0556. The van der Waals surface area contributed by atoms with Gasteiger partial charge in [0.05, 0.1) is 17.1 Å². The zero-order valence-corrected chi connectivity index (χ0v) is 14.6. The van der Waals surface area contributed by atoms with Gasteiger partial charge in [-0.3, -0.25) is 9.59 Å². The SMILES string of the molecule is NC(=O)c1ccc(NC(=O)Cc2csc(-c3ccccc3Cl)n2)cc1. The minimum atomic E-state index is -0.507. The molecule has 1 heterocycles. The highest BCUT2D eigenvalue weighted by Gasteiger charge is 2.11. The Bertz CT molecular complexity index is 922. The molecule has 0 aliphatic rings. The van der Waals surface area contributed by atoms with Crippen LogP contribution in [0.25, 0.3) is 10.6 Å². The van der Waals surface area contributed by atoms with Gasteiger partial charge >= 0.3 is 0 Å². The van der Waals surface area contributed by atoms with E-state index >= 15 is 0 Å². The molecule has 3 rings (SSSR count). The van der Waals surface area contributed by atoms with Gasteiger partial charge in [0.2, 0.25) is 11.8 Å². The van der Waals surface area contributed by atoms with Crippen LogP contribution in [0.5, 0.6) is 0 Å². The summed E-state index contributed by atoms with van der Waals surface area (Å²) >= 11 is 7.61. The number of hydrogen-bond donors (Lipinski definition) is 2. The number of amides is 2. The molecular weight excluding hydrogens is 358 g/mol. The lowest BCUT2D eigenvalue weighted by molar-refractivity contribution is -0.115. The average molecular weight is 372 g/mol. The van der Waals surface area contributed by atoms with Crippen molar-refractivity contribution in [3.05, 3.63) is 70.2 Å². The fourth-order valence-corrected chi connectivity index (χ4v) is 3.37. The number of aromatic nitrogens is 1. The van der Waals surface area contributed by atoms with Crippen LogP contribution in [-0.2, 0) is 11.2 Å². The molecule has 0 radical (unpaired) electrons. The van der Waals surface area contributed by atoms with E-state index < -0.39 is 5.91 Å². The van der Waals surface area contributed by atoms with Gasteiger partial charge in [-0.15, -0.1) is 11.3 Å². The van der Waals surface area contributed by atoms with Crippen molar-refractivity contribution in [3.8, 4) is 10.6 Å². The number of carbonyl (C=O) groups excluding carboxylic acids is 2. The van der Waals surface area contributed by atoms with Gasteiger partial charge in [-0.1, -0.05) is 29.8 Å². The van der Waals surface area contributed by atoms with Gasteiger partial charge in [0.1, 0.15) is 5.01 Å². The second-order valence-corrected chi connectivity index (χ2v) is 6.56. The van der Waals surface area contributed by atoms with Crippen molar-refractivity contribution in [2.75, 3.05) is 5.32 Å². The number of rotatable bonds is 5. The molecule has 126 valence electrons. The van der Waals surface area contributed by atoms with Gasteiger partial charge in [-0.25, -0.2) is 4.98 Å². The zero-order valence-electron chi connectivity index (χ0n) is 13.0. The Morgan fingerprint density at radius 3 is 2.52 bits per heavy atom. The van der Waals surface area contributed by atoms with Crippen molar-refractivity contribution >= 4 is 40.4 Å². The monoisotopic (exact) mass is 371 g/mol. The molecule has 0 bridgehead atoms. The summed E-state index contributed by atoms with van der Waals surface area (Å²) in [6.45, 7) is 0. The summed E-state index contributed by atoms with van der Waals surface area (Å²) in [6, 6.07) is 13.8. The Morgan fingerprint density at radius 2 is 1.84 bits per heavy atom. The Kier molecular flexibility index (Phi) is 5.11. The van der Waals surface area contributed by atoms with E-state index in [1.54, 1.807) is 30.3 Å². The molecule has 3 N–H and O–H groups in total. The summed E-state index contributed by atoms with van der Waals surface area (Å²) in [5.74, 6) is -0.699. The van der Waals surface area contributed by atoms with E-state index in [-0.39, 0.29) is 12.3 Å². The summed E-state index contributed by atoms with van der Waals surface area (Å²) in [6.07, 6.45) is 0.151. The minimum Gasteiger partial charge on any atom is -0.366 e. The van der Waals surface area contributed by atoms with E-state index in [2.05, 4.69) is 10.3 Å². The minimum absolute atomic E-state index is 0.151. The molecule has 0 spiro atoms. The molecule has 0 saturated carbocycles. The molecule has 0 aliphatic heterocycles. The van der Waals surface area contributed by atoms with Crippen LogP contribution in [0.2, 0.25) is 5.02 Å². The van der Waals surface area contributed by atoms with Gasteiger partial charge in [0.15, 0.2) is 0 Å². The first-order valence-electron chi connectivity index (χ1n) is 7.42. The number of halogens is 1. The first kappa shape index (κ1) is 17.1. The van der Waals surface area contributed by atoms with Crippen LogP contribution in [0.4, 0.5) is 5.69 Å². The lowest BCUT2D eigenvalue weighted by Gasteiger charge is -2.04. The molecule has 2 amide bonds. The van der Waals surface area contributed by atoms with Crippen molar-refractivity contribution in [3.63, 3.8) is 0 Å². The van der Waals surface area contributed by atoms with Gasteiger partial charge in [0, 0.05) is 22.2 Å². The summed E-state index contributed by atoms with van der Waals surface area (Å²) in [5, 5.41) is 6.01.